The predicted octanol–water partition coefficient (Wildman–Crippen LogP) is 3.44. The Bertz CT molecular complexity index is 1450. The first-order valence-electron chi connectivity index (χ1n) is 14.5. The SMILES string of the molecule is CC1(C(=O)N2CC(CN3CCC4(CC3)NC(=O)N(Cc3ccc(S(C)(=O)=O)cc3)C4=O)C(c3ccccc3)C2)CC1.Cl. The smallest absolute Gasteiger partial charge is 0.325 e. The maximum Gasteiger partial charge on any atom is 0.325 e. The Morgan fingerprint density at radius 1 is 0.952 bits per heavy atom. The third kappa shape index (κ3) is 5.81. The van der Waals surface area contributed by atoms with E-state index >= 15 is 0 Å². The van der Waals surface area contributed by atoms with Crippen LogP contribution in [-0.2, 0) is 26.0 Å². The highest BCUT2D eigenvalue weighted by Crippen LogP contribution is 2.48. The van der Waals surface area contributed by atoms with Crippen LogP contribution in [0, 0.1) is 11.3 Å². The molecule has 4 fully saturated rings. The molecule has 2 unspecified atom stereocenters. The van der Waals surface area contributed by atoms with Gasteiger partial charge in [0.25, 0.3) is 5.91 Å². The van der Waals surface area contributed by atoms with E-state index in [1.807, 2.05) is 6.07 Å². The molecule has 3 aliphatic heterocycles. The number of urea groups is 1. The summed E-state index contributed by atoms with van der Waals surface area (Å²) in [5.74, 6) is 0.643. The highest BCUT2D eigenvalue weighted by molar-refractivity contribution is 7.90. The summed E-state index contributed by atoms with van der Waals surface area (Å²) in [4.78, 5) is 45.5. The quantitative estimate of drug-likeness (QED) is 0.479. The minimum Gasteiger partial charge on any atom is -0.341 e. The van der Waals surface area contributed by atoms with Gasteiger partial charge >= 0.3 is 6.03 Å². The largest absolute Gasteiger partial charge is 0.341 e. The molecule has 11 heteroatoms. The molecule has 1 saturated carbocycles. The van der Waals surface area contributed by atoms with Gasteiger partial charge in [-0.3, -0.25) is 14.5 Å². The van der Waals surface area contributed by atoms with E-state index < -0.39 is 21.4 Å². The minimum atomic E-state index is -3.32. The Kier molecular flexibility index (Phi) is 8.19. The summed E-state index contributed by atoms with van der Waals surface area (Å²) >= 11 is 0. The number of hydrogen-bond donors (Lipinski definition) is 1. The number of carbonyl (C=O) groups excluding carboxylic acids is 3. The average Bonchev–Trinajstić information content (AvgIpc) is 3.51. The molecule has 2 aromatic carbocycles. The third-order valence-corrected chi connectivity index (χ3v) is 10.7. The number of amides is 4. The molecule has 1 aliphatic carbocycles. The monoisotopic (exact) mass is 614 g/mol. The fourth-order valence-electron chi connectivity index (χ4n) is 6.72. The van der Waals surface area contributed by atoms with E-state index in [2.05, 4.69) is 46.3 Å². The van der Waals surface area contributed by atoms with Crippen LogP contribution in [0.4, 0.5) is 4.79 Å². The van der Waals surface area contributed by atoms with Crippen LogP contribution in [0.2, 0.25) is 0 Å². The molecular formula is C31H39ClN4O5S. The molecule has 0 aromatic heterocycles. The fourth-order valence-corrected chi connectivity index (χ4v) is 7.35. The molecule has 3 heterocycles. The van der Waals surface area contributed by atoms with Gasteiger partial charge in [0, 0.05) is 50.3 Å². The average molecular weight is 615 g/mol. The second-order valence-corrected chi connectivity index (χ2v) is 14.7. The molecule has 1 N–H and O–H groups in total. The molecule has 1 spiro atoms. The first-order chi connectivity index (χ1) is 19.5. The Balaban J connectivity index is 0.00000353. The van der Waals surface area contributed by atoms with Crippen LogP contribution in [0.25, 0.3) is 0 Å². The number of sulfone groups is 1. The molecule has 2 aromatic rings. The van der Waals surface area contributed by atoms with E-state index in [0.717, 1.165) is 38.7 Å². The summed E-state index contributed by atoms with van der Waals surface area (Å²) in [6, 6.07) is 16.3. The van der Waals surface area contributed by atoms with E-state index in [1.165, 1.54) is 22.6 Å². The summed E-state index contributed by atoms with van der Waals surface area (Å²) in [5.41, 5.74) is 0.872. The topological polar surface area (TPSA) is 107 Å². The van der Waals surface area contributed by atoms with E-state index in [9.17, 15) is 22.8 Å². The lowest BCUT2D eigenvalue weighted by molar-refractivity contribution is -0.135. The van der Waals surface area contributed by atoms with Crippen LogP contribution in [0.1, 0.15) is 49.7 Å². The van der Waals surface area contributed by atoms with E-state index in [4.69, 9.17) is 0 Å². The number of nitrogens with zero attached hydrogens (tertiary/aromatic N) is 3. The fraction of sp³-hybridized carbons (Fsp3) is 0.516. The maximum atomic E-state index is 13.5. The van der Waals surface area contributed by atoms with Crippen LogP contribution in [0.15, 0.2) is 59.5 Å². The van der Waals surface area contributed by atoms with Crippen LogP contribution in [-0.4, -0.2) is 85.5 Å². The Labute approximate surface area is 253 Å². The molecule has 226 valence electrons. The number of rotatable bonds is 7. The molecule has 3 saturated heterocycles. The lowest BCUT2D eigenvalue weighted by Crippen LogP contribution is -2.55. The lowest BCUT2D eigenvalue weighted by atomic mass is 9.85. The molecule has 4 amide bonds. The van der Waals surface area contributed by atoms with E-state index in [1.54, 1.807) is 12.1 Å². The van der Waals surface area contributed by atoms with Crippen molar-refractivity contribution in [2.24, 2.45) is 11.3 Å². The predicted molar refractivity (Wildman–Crippen MR) is 161 cm³/mol. The first-order valence-corrected chi connectivity index (χ1v) is 16.4. The summed E-state index contributed by atoms with van der Waals surface area (Å²) < 4.78 is 23.5. The molecular weight excluding hydrogens is 576 g/mol. The summed E-state index contributed by atoms with van der Waals surface area (Å²) in [7, 11) is -3.32. The zero-order valence-electron chi connectivity index (χ0n) is 24.1. The zero-order chi connectivity index (χ0) is 29.0. The van der Waals surface area contributed by atoms with Crippen molar-refractivity contribution in [1.82, 2.24) is 20.0 Å². The van der Waals surface area contributed by atoms with Crippen molar-refractivity contribution in [1.29, 1.82) is 0 Å². The van der Waals surface area contributed by atoms with E-state index in [-0.39, 0.29) is 47.0 Å². The van der Waals surface area contributed by atoms with Crippen molar-refractivity contribution in [2.45, 2.75) is 55.5 Å². The number of carbonyl (C=O) groups is 3. The zero-order valence-corrected chi connectivity index (χ0v) is 25.8. The Morgan fingerprint density at radius 2 is 1.60 bits per heavy atom. The van der Waals surface area contributed by atoms with Crippen molar-refractivity contribution in [3.63, 3.8) is 0 Å². The Morgan fingerprint density at radius 3 is 2.19 bits per heavy atom. The van der Waals surface area contributed by atoms with E-state index in [0.29, 0.717) is 37.4 Å². The van der Waals surface area contributed by atoms with Crippen molar-refractivity contribution in [3.05, 3.63) is 65.7 Å². The number of hydrogen-bond acceptors (Lipinski definition) is 6. The molecule has 6 rings (SSSR count). The van der Waals surface area contributed by atoms with Crippen LogP contribution in [0.5, 0.6) is 0 Å². The summed E-state index contributed by atoms with van der Waals surface area (Å²) in [5, 5.41) is 2.98. The summed E-state index contributed by atoms with van der Waals surface area (Å²) in [6.07, 6.45) is 4.16. The van der Waals surface area contributed by atoms with Gasteiger partial charge in [0.1, 0.15) is 5.54 Å². The Hall–Kier alpha value is -2.95. The lowest BCUT2D eigenvalue weighted by Gasteiger charge is -2.38. The summed E-state index contributed by atoms with van der Waals surface area (Å²) in [6.45, 7) is 5.88. The van der Waals surface area contributed by atoms with Gasteiger partial charge in [-0.05, 0) is 54.9 Å². The molecule has 2 atom stereocenters. The van der Waals surface area contributed by atoms with Crippen molar-refractivity contribution in [3.8, 4) is 0 Å². The van der Waals surface area contributed by atoms with Crippen LogP contribution < -0.4 is 5.32 Å². The molecule has 9 nitrogen and oxygen atoms in total. The number of benzene rings is 2. The highest BCUT2D eigenvalue weighted by atomic mass is 35.5. The standard InChI is InChI=1S/C31H38N4O5S.ClH/c1-30(12-13-30)27(36)34-20-24(26(21-34)23-6-4-3-5-7-23)19-33-16-14-31(15-17-33)28(37)35(29(38)32-31)18-22-8-10-25(11-9-22)41(2,39)40;/h3-11,24,26H,12-21H2,1-2H3,(H,32,38);1H. The van der Waals surface area contributed by atoms with Crippen molar-refractivity contribution in [2.75, 3.05) is 39.0 Å². The van der Waals surface area contributed by atoms with Gasteiger partial charge in [0.15, 0.2) is 9.84 Å². The molecule has 4 aliphatic rings. The van der Waals surface area contributed by atoms with Crippen LogP contribution >= 0.6 is 12.4 Å². The normalized spacial score (nSPS) is 24.9. The van der Waals surface area contributed by atoms with Gasteiger partial charge in [-0.25, -0.2) is 13.2 Å². The van der Waals surface area contributed by atoms with Gasteiger partial charge < -0.3 is 15.1 Å². The molecule has 42 heavy (non-hydrogen) atoms. The number of imide groups is 1. The van der Waals surface area contributed by atoms with Gasteiger partial charge in [0.05, 0.1) is 11.4 Å². The van der Waals surface area contributed by atoms with Gasteiger partial charge in [0.2, 0.25) is 5.91 Å². The number of halogens is 1. The highest BCUT2D eigenvalue weighted by Gasteiger charge is 2.53. The number of nitrogens with one attached hydrogen (secondary N) is 1. The van der Waals surface area contributed by atoms with Crippen molar-refractivity contribution >= 4 is 40.1 Å². The second-order valence-electron chi connectivity index (χ2n) is 12.7. The van der Waals surface area contributed by atoms with Gasteiger partial charge in [-0.15, -0.1) is 12.4 Å². The number of piperidine rings is 1. The maximum absolute atomic E-state index is 13.5. The van der Waals surface area contributed by atoms with Crippen LogP contribution in [0.3, 0.4) is 0 Å². The third-order valence-electron chi connectivity index (χ3n) is 9.61. The molecule has 0 radical (unpaired) electrons. The van der Waals surface area contributed by atoms with Gasteiger partial charge in [-0.1, -0.05) is 49.4 Å². The van der Waals surface area contributed by atoms with Crippen molar-refractivity contribution < 1.29 is 22.8 Å². The molecule has 0 bridgehead atoms. The first kappa shape index (κ1) is 30.5. The second kappa shape index (κ2) is 11.3. The number of likely N-dealkylation sites (tertiary alicyclic amines) is 2. The van der Waals surface area contributed by atoms with Gasteiger partial charge in [-0.2, -0.15) is 0 Å². The minimum absolute atomic E-state index is 0.